The lowest BCUT2D eigenvalue weighted by molar-refractivity contribution is -0.129. The zero-order chi connectivity index (χ0) is 14.7. The van der Waals surface area contributed by atoms with Gasteiger partial charge < -0.3 is 10.2 Å². The third-order valence-electron chi connectivity index (χ3n) is 3.54. The van der Waals surface area contributed by atoms with Crippen molar-refractivity contribution in [2.45, 2.75) is 25.8 Å². The van der Waals surface area contributed by atoms with Crippen molar-refractivity contribution in [1.29, 1.82) is 0 Å². The van der Waals surface area contributed by atoms with Gasteiger partial charge in [0.1, 0.15) is 0 Å². The normalized spacial score (nSPS) is 15.5. The van der Waals surface area contributed by atoms with Gasteiger partial charge in [-0.3, -0.25) is 14.3 Å². The summed E-state index contributed by atoms with van der Waals surface area (Å²) in [4.78, 5) is 24.4. The van der Waals surface area contributed by atoms with E-state index in [1.165, 1.54) is 23.8 Å². The molecule has 1 aromatic heterocycles. The van der Waals surface area contributed by atoms with E-state index in [0.29, 0.717) is 17.6 Å². The minimum Gasteiger partial charge on any atom is -0.333 e. The molecule has 1 heterocycles. The molecule has 0 spiro atoms. The van der Waals surface area contributed by atoms with Crippen LogP contribution in [0.4, 0.5) is 5.69 Å². The first-order valence-corrected chi connectivity index (χ1v) is 6.72. The molecule has 1 unspecified atom stereocenters. The molecule has 1 atom stereocenters. The van der Waals surface area contributed by atoms with Gasteiger partial charge in [-0.25, -0.2) is 0 Å². The number of amides is 2. The highest BCUT2D eigenvalue weighted by Gasteiger charge is 2.29. The predicted molar refractivity (Wildman–Crippen MR) is 76.1 cm³/mol. The van der Waals surface area contributed by atoms with Crippen LogP contribution in [0.1, 0.15) is 25.8 Å². The molecule has 0 saturated heterocycles. The fourth-order valence-electron chi connectivity index (χ4n) is 2.07. The number of hydrogen-bond donors (Lipinski definition) is 1. The third-order valence-corrected chi connectivity index (χ3v) is 3.54. The number of hydrogen-bond acceptors (Lipinski definition) is 3. The lowest BCUT2D eigenvalue weighted by Crippen LogP contribution is -2.33. The minimum absolute atomic E-state index is 0.00574. The third kappa shape index (κ3) is 3.46. The first kappa shape index (κ1) is 14.3. The minimum atomic E-state index is -0.279. The van der Waals surface area contributed by atoms with E-state index in [9.17, 15) is 9.59 Å². The molecule has 1 aliphatic carbocycles. The summed E-state index contributed by atoms with van der Waals surface area (Å²) in [5, 5.41) is 7.00. The molecular weight excluding hydrogens is 256 g/mol. The van der Waals surface area contributed by atoms with E-state index in [4.69, 9.17) is 0 Å². The predicted octanol–water partition coefficient (Wildman–Crippen LogP) is 1.44. The van der Waals surface area contributed by atoms with E-state index in [-0.39, 0.29) is 18.4 Å². The van der Waals surface area contributed by atoms with Crippen molar-refractivity contribution in [2.75, 3.05) is 18.9 Å². The monoisotopic (exact) mass is 276 g/mol. The van der Waals surface area contributed by atoms with Crippen LogP contribution in [0, 0.1) is 5.92 Å². The Morgan fingerprint density at radius 3 is 2.95 bits per heavy atom. The largest absolute Gasteiger partial charge is 0.333 e. The second kappa shape index (κ2) is 5.90. The van der Waals surface area contributed by atoms with Crippen LogP contribution in [0.3, 0.4) is 0 Å². The summed E-state index contributed by atoms with van der Waals surface area (Å²) in [5.41, 5.74) is 0.655. The maximum absolute atomic E-state index is 11.8. The Balaban J connectivity index is 1.88. The highest BCUT2D eigenvalue weighted by atomic mass is 16.2. The van der Waals surface area contributed by atoms with Gasteiger partial charge in [0.2, 0.25) is 11.8 Å². The van der Waals surface area contributed by atoms with Gasteiger partial charge in [-0.05, 0) is 31.8 Å². The van der Waals surface area contributed by atoms with E-state index >= 15 is 0 Å². The average molecular weight is 276 g/mol. The summed E-state index contributed by atoms with van der Waals surface area (Å²) in [6.07, 6.45) is 7.14. The van der Waals surface area contributed by atoms with E-state index in [1.54, 1.807) is 13.2 Å². The van der Waals surface area contributed by atoms with Crippen molar-refractivity contribution in [3.63, 3.8) is 0 Å². The van der Waals surface area contributed by atoms with E-state index in [1.807, 2.05) is 10.9 Å². The highest BCUT2D eigenvalue weighted by Crippen LogP contribution is 2.39. The van der Waals surface area contributed by atoms with Gasteiger partial charge in [-0.15, -0.1) is 0 Å². The second-order valence-electron chi connectivity index (χ2n) is 5.23. The Hall–Kier alpha value is -2.11. The van der Waals surface area contributed by atoms with E-state index < -0.39 is 0 Å². The number of nitrogens with zero attached hydrogens (tertiary/aromatic N) is 3. The lowest BCUT2D eigenvalue weighted by atomic mass is 10.2. The van der Waals surface area contributed by atoms with Crippen LogP contribution < -0.4 is 5.32 Å². The van der Waals surface area contributed by atoms with Crippen LogP contribution >= 0.6 is 0 Å². The Morgan fingerprint density at radius 1 is 1.65 bits per heavy atom. The van der Waals surface area contributed by atoms with Crippen molar-refractivity contribution in [1.82, 2.24) is 14.7 Å². The molecule has 1 aromatic rings. The van der Waals surface area contributed by atoms with Gasteiger partial charge in [0.15, 0.2) is 0 Å². The number of anilines is 1. The summed E-state index contributed by atoms with van der Waals surface area (Å²) in [7, 11) is 1.56. The molecule has 0 bridgehead atoms. The number of carbonyl (C=O) groups excluding carboxylic acids is 2. The van der Waals surface area contributed by atoms with Crippen LogP contribution in [-0.2, 0) is 9.59 Å². The summed E-state index contributed by atoms with van der Waals surface area (Å²) >= 11 is 0. The zero-order valence-electron chi connectivity index (χ0n) is 11.9. The van der Waals surface area contributed by atoms with Crippen LogP contribution in [0.25, 0.3) is 0 Å². The smallest absolute Gasteiger partial charge is 0.246 e. The maximum atomic E-state index is 11.8. The van der Waals surface area contributed by atoms with E-state index in [0.717, 1.165) is 0 Å². The van der Waals surface area contributed by atoms with Crippen molar-refractivity contribution >= 4 is 17.5 Å². The van der Waals surface area contributed by atoms with Crippen molar-refractivity contribution in [2.24, 2.45) is 5.92 Å². The fraction of sp³-hybridized carbons (Fsp3) is 0.500. The SMILES string of the molecule is C=CC(=O)N(C)CC(=O)Nc1cnn(C(C)C2CC2)c1. The fourth-order valence-corrected chi connectivity index (χ4v) is 2.07. The summed E-state index contributed by atoms with van der Waals surface area (Å²) in [6.45, 7) is 5.51. The Kier molecular flexibility index (Phi) is 4.22. The Labute approximate surface area is 118 Å². The van der Waals surface area contributed by atoms with Gasteiger partial charge >= 0.3 is 0 Å². The molecule has 1 N–H and O–H groups in total. The van der Waals surface area contributed by atoms with Crippen LogP contribution in [0.2, 0.25) is 0 Å². The number of aromatic nitrogens is 2. The van der Waals surface area contributed by atoms with Crippen LogP contribution in [-0.4, -0.2) is 40.1 Å². The molecule has 0 aromatic carbocycles. The van der Waals surface area contributed by atoms with Crippen molar-refractivity contribution < 1.29 is 9.59 Å². The molecule has 1 fully saturated rings. The summed E-state index contributed by atoms with van der Waals surface area (Å²) in [6, 6.07) is 0.366. The molecule has 108 valence electrons. The zero-order valence-corrected chi connectivity index (χ0v) is 11.9. The van der Waals surface area contributed by atoms with Gasteiger partial charge in [-0.1, -0.05) is 6.58 Å². The van der Waals surface area contributed by atoms with Crippen molar-refractivity contribution in [3.8, 4) is 0 Å². The molecule has 1 saturated carbocycles. The lowest BCUT2D eigenvalue weighted by Gasteiger charge is -2.14. The van der Waals surface area contributed by atoms with Gasteiger partial charge in [0.05, 0.1) is 24.5 Å². The van der Waals surface area contributed by atoms with Gasteiger partial charge in [0.25, 0.3) is 0 Å². The maximum Gasteiger partial charge on any atom is 0.246 e. The number of likely N-dealkylation sites (N-methyl/N-ethyl adjacent to an activating group) is 1. The van der Waals surface area contributed by atoms with Gasteiger partial charge in [0, 0.05) is 13.2 Å². The van der Waals surface area contributed by atoms with Crippen molar-refractivity contribution in [3.05, 3.63) is 25.0 Å². The molecule has 0 radical (unpaired) electrons. The molecule has 0 aliphatic heterocycles. The molecular formula is C14H20N4O2. The first-order valence-electron chi connectivity index (χ1n) is 6.72. The molecule has 20 heavy (non-hydrogen) atoms. The van der Waals surface area contributed by atoms with Crippen LogP contribution in [0.5, 0.6) is 0 Å². The molecule has 6 heteroatoms. The van der Waals surface area contributed by atoms with Gasteiger partial charge in [-0.2, -0.15) is 5.10 Å². The molecule has 1 aliphatic rings. The molecule has 2 rings (SSSR count). The number of rotatable bonds is 6. The average Bonchev–Trinajstić information content (AvgIpc) is 3.17. The summed E-state index contributed by atoms with van der Waals surface area (Å²) < 4.78 is 1.88. The number of carbonyl (C=O) groups is 2. The number of nitrogens with one attached hydrogen (secondary N) is 1. The second-order valence-corrected chi connectivity index (χ2v) is 5.23. The highest BCUT2D eigenvalue weighted by molar-refractivity contribution is 5.96. The topological polar surface area (TPSA) is 67.2 Å². The molecule has 2 amide bonds. The quantitative estimate of drug-likeness (QED) is 0.799. The van der Waals surface area contributed by atoms with E-state index in [2.05, 4.69) is 23.9 Å². The molecule has 6 nitrogen and oxygen atoms in total. The summed E-state index contributed by atoms with van der Waals surface area (Å²) in [5.74, 6) is 0.175. The Morgan fingerprint density at radius 2 is 2.35 bits per heavy atom. The first-order chi connectivity index (χ1) is 9.51. The standard InChI is InChI=1S/C14H20N4O2/c1-4-14(20)17(3)9-13(19)16-12-7-15-18(8-12)10(2)11-5-6-11/h4,7-8,10-11H,1,5-6,9H2,2-3H3,(H,16,19). The Bertz CT molecular complexity index is 519. The van der Waals surface area contributed by atoms with Crippen LogP contribution in [0.15, 0.2) is 25.0 Å².